The SMILES string of the molecule is CCn1cc(C(=O)Nc2cnn(Cc3cnn(CC)c3C)c2)c(C)n1. The molecule has 132 valence electrons. The Morgan fingerprint density at radius 2 is 1.88 bits per heavy atom. The Balaban J connectivity index is 1.69. The summed E-state index contributed by atoms with van der Waals surface area (Å²) < 4.78 is 5.50. The summed E-state index contributed by atoms with van der Waals surface area (Å²) in [6.45, 7) is 10.1. The van der Waals surface area contributed by atoms with Gasteiger partial charge in [0.05, 0.1) is 35.9 Å². The van der Waals surface area contributed by atoms with Crippen molar-refractivity contribution in [3.8, 4) is 0 Å². The molecule has 0 fully saturated rings. The summed E-state index contributed by atoms with van der Waals surface area (Å²) in [5, 5.41) is 15.8. The number of aromatic nitrogens is 6. The number of anilines is 1. The number of rotatable bonds is 6. The Hall–Kier alpha value is -2.90. The van der Waals surface area contributed by atoms with Crippen LogP contribution in [0.15, 0.2) is 24.8 Å². The van der Waals surface area contributed by atoms with E-state index < -0.39 is 0 Å². The van der Waals surface area contributed by atoms with Gasteiger partial charge >= 0.3 is 0 Å². The summed E-state index contributed by atoms with van der Waals surface area (Å²) in [6, 6.07) is 0. The minimum Gasteiger partial charge on any atom is -0.319 e. The summed E-state index contributed by atoms with van der Waals surface area (Å²) in [6.07, 6.45) is 7.09. The molecule has 3 aromatic heterocycles. The maximum atomic E-state index is 12.4. The van der Waals surface area contributed by atoms with Gasteiger partial charge in [-0.3, -0.25) is 18.8 Å². The minimum absolute atomic E-state index is 0.174. The van der Waals surface area contributed by atoms with Gasteiger partial charge in [0, 0.05) is 36.7 Å². The summed E-state index contributed by atoms with van der Waals surface area (Å²) in [5.74, 6) is -0.174. The van der Waals surface area contributed by atoms with Crippen LogP contribution in [0, 0.1) is 13.8 Å². The third-order valence-electron chi connectivity index (χ3n) is 4.24. The predicted molar refractivity (Wildman–Crippen MR) is 94.6 cm³/mol. The number of aryl methyl sites for hydroxylation is 3. The molecule has 0 aliphatic carbocycles. The standard InChI is InChI=1S/C17H23N7O/c1-5-22-11-16(12(3)21-22)17(25)20-15-8-18-23(10-15)9-14-7-19-24(6-2)13(14)4/h7-8,10-11H,5-6,9H2,1-4H3,(H,20,25). The van der Waals surface area contributed by atoms with Crippen molar-refractivity contribution in [2.45, 2.75) is 47.3 Å². The normalized spacial score (nSPS) is 11.0. The Bertz CT molecular complexity index is 887. The lowest BCUT2D eigenvalue weighted by molar-refractivity contribution is 0.102. The molecule has 0 aliphatic rings. The van der Waals surface area contributed by atoms with Crippen LogP contribution in [0.5, 0.6) is 0 Å². The van der Waals surface area contributed by atoms with Crippen LogP contribution in [0.2, 0.25) is 0 Å². The van der Waals surface area contributed by atoms with Gasteiger partial charge in [0.2, 0.25) is 0 Å². The first kappa shape index (κ1) is 16.9. The average Bonchev–Trinajstić information content (AvgIpc) is 3.28. The second kappa shape index (κ2) is 6.92. The van der Waals surface area contributed by atoms with E-state index in [4.69, 9.17) is 0 Å². The number of hydrogen-bond acceptors (Lipinski definition) is 4. The van der Waals surface area contributed by atoms with E-state index in [1.54, 1.807) is 21.8 Å². The van der Waals surface area contributed by atoms with E-state index >= 15 is 0 Å². The second-order valence-electron chi connectivity index (χ2n) is 5.94. The molecule has 3 aromatic rings. The molecule has 3 rings (SSSR count). The van der Waals surface area contributed by atoms with Crippen molar-refractivity contribution in [1.82, 2.24) is 29.3 Å². The van der Waals surface area contributed by atoms with Gasteiger partial charge in [-0.1, -0.05) is 0 Å². The Morgan fingerprint density at radius 1 is 1.08 bits per heavy atom. The molecule has 1 N–H and O–H groups in total. The number of hydrogen-bond donors (Lipinski definition) is 1. The molecule has 0 saturated carbocycles. The molecule has 0 radical (unpaired) electrons. The average molecular weight is 341 g/mol. The van der Waals surface area contributed by atoms with E-state index in [1.165, 1.54) is 0 Å². The van der Waals surface area contributed by atoms with Gasteiger partial charge < -0.3 is 5.32 Å². The van der Waals surface area contributed by atoms with Crippen LogP contribution in [0.25, 0.3) is 0 Å². The molecule has 0 spiro atoms. The first-order chi connectivity index (χ1) is 12.0. The molecule has 0 aromatic carbocycles. The zero-order valence-corrected chi connectivity index (χ0v) is 15.0. The molecule has 1 amide bonds. The van der Waals surface area contributed by atoms with E-state index in [0.717, 1.165) is 24.3 Å². The first-order valence-corrected chi connectivity index (χ1v) is 8.41. The van der Waals surface area contributed by atoms with Crippen molar-refractivity contribution in [2.24, 2.45) is 0 Å². The van der Waals surface area contributed by atoms with Crippen LogP contribution in [-0.4, -0.2) is 35.2 Å². The van der Waals surface area contributed by atoms with Gasteiger partial charge in [0.1, 0.15) is 0 Å². The molecule has 0 atom stereocenters. The third kappa shape index (κ3) is 3.47. The maximum Gasteiger partial charge on any atom is 0.259 e. The zero-order chi connectivity index (χ0) is 18.0. The molecule has 25 heavy (non-hydrogen) atoms. The fraction of sp³-hybridized carbons (Fsp3) is 0.412. The van der Waals surface area contributed by atoms with Crippen molar-refractivity contribution >= 4 is 11.6 Å². The highest BCUT2D eigenvalue weighted by Gasteiger charge is 2.14. The van der Waals surface area contributed by atoms with Crippen molar-refractivity contribution in [3.63, 3.8) is 0 Å². The molecule has 3 heterocycles. The molecule has 0 unspecified atom stereocenters. The van der Waals surface area contributed by atoms with E-state index in [2.05, 4.69) is 27.5 Å². The van der Waals surface area contributed by atoms with Gasteiger partial charge in [0.15, 0.2) is 0 Å². The molecular formula is C17H23N7O. The lowest BCUT2D eigenvalue weighted by Gasteiger charge is -2.03. The molecule has 0 bridgehead atoms. The van der Waals surface area contributed by atoms with Crippen LogP contribution in [0.1, 0.15) is 41.2 Å². The summed E-state index contributed by atoms with van der Waals surface area (Å²) in [5.41, 5.74) is 4.20. The van der Waals surface area contributed by atoms with Crippen molar-refractivity contribution in [2.75, 3.05) is 5.32 Å². The highest BCUT2D eigenvalue weighted by Crippen LogP contribution is 2.13. The highest BCUT2D eigenvalue weighted by atomic mass is 16.1. The van der Waals surface area contributed by atoms with Gasteiger partial charge in [-0.25, -0.2) is 0 Å². The van der Waals surface area contributed by atoms with Crippen molar-refractivity contribution < 1.29 is 4.79 Å². The van der Waals surface area contributed by atoms with Crippen molar-refractivity contribution in [3.05, 3.63) is 47.3 Å². The molecule has 8 nitrogen and oxygen atoms in total. The van der Waals surface area contributed by atoms with Crippen LogP contribution >= 0.6 is 0 Å². The third-order valence-corrected chi connectivity index (χ3v) is 4.24. The van der Waals surface area contributed by atoms with E-state index in [0.29, 0.717) is 23.5 Å². The fourth-order valence-corrected chi connectivity index (χ4v) is 2.75. The lowest BCUT2D eigenvalue weighted by atomic mass is 10.2. The molecule has 0 saturated heterocycles. The first-order valence-electron chi connectivity index (χ1n) is 8.41. The van der Waals surface area contributed by atoms with Gasteiger partial charge in [-0.2, -0.15) is 15.3 Å². The lowest BCUT2D eigenvalue weighted by Crippen LogP contribution is -2.12. The van der Waals surface area contributed by atoms with Gasteiger partial charge in [0.25, 0.3) is 5.91 Å². The van der Waals surface area contributed by atoms with Gasteiger partial charge in [-0.05, 0) is 27.7 Å². The quantitative estimate of drug-likeness (QED) is 0.745. The van der Waals surface area contributed by atoms with Crippen LogP contribution in [0.3, 0.4) is 0 Å². The number of carbonyl (C=O) groups is 1. The Kier molecular flexibility index (Phi) is 4.69. The summed E-state index contributed by atoms with van der Waals surface area (Å²) >= 11 is 0. The summed E-state index contributed by atoms with van der Waals surface area (Å²) in [4.78, 5) is 12.4. The number of amides is 1. The molecule has 8 heteroatoms. The number of nitrogens with one attached hydrogen (secondary N) is 1. The smallest absolute Gasteiger partial charge is 0.259 e. The largest absolute Gasteiger partial charge is 0.319 e. The maximum absolute atomic E-state index is 12.4. The zero-order valence-electron chi connectivity index (χ0n) is 15.0. The monoisotopic (exact) mass is 341 g/mol. The van der Waals surface area contributed by atoms with E-state index in [-0.39, 0.29) is 5.91 Å². The van der Waals surface area contributed by atoms with E-state index in [1.807, 2.05) is 37.8 Å². The highest BCUT2D eigenvalue weighted by molar-refractivity contribution is 6.04. The summed E-state index contributed by atoms with van der Waals surface area (Å²) in [7, 11) is 0. The van der Waals surface area contributed by atoms with Crippen LogP contribution < -0.4 is 5.32 Å². The van der Waals surface area contributed by atoms with Gasteiger partial charge in [-0.15, -0.1) is 0 Å². The van der Waals surface area contributed by atoms with Crippen LogP contribution in [-0.2, 0) is 19.6 Å². The Morgan fingerprint density at radius 3 is 2.52 bits per heavy atom. The topological polar surface area (TPSA) is 82.6 Å². The molecule has 0 aliphatic heterocycles. The number of nitrogens with zero attached hydrogens (tertiary/aromatic N) is 6. The second-order valence-corrected chi connectivity index (χ2v) is 5.94. The number of carbonyl (C=O) groups excluding carboxylic acids is 1. The predicted octanol–water partition coefficient (Wildman–Crippen LogP) is 2.23. The van der Waals surface area contributed by atoms with Crippen LogP contribution in [0.4, 0.5) is 5.69 Å². The minimum atomic E-state index is -0.174. The molecular weight excluding hydrogens is 318 g/mol. The fourth-order valence-electron chi connectivity index (χ4n) is 2.75. The van der Waals surface area contributed by atoms with Crippen molar-refractivity contribution in [1.29, 1.82) is 0 Å². The van der Waals surface area contributed by atoms with E-state index in [9.17, 15) is 4.79 Å². The Labute approximate surface area is 146 Å².